The van der Waals surface area contributed by atoms with Crippen LogP contribution in [0.1, 0.15) is 30.6 Å². The molecule has 0 radical (unpaired) electrons. The Balaban J connectivity index is 2.74. The van der Waals surface area contributed by atoms with Crippen molar-refractivity contribution in [2.24, 2.45) is 0 Å². The van der Waals surface area contributed by atoms with E-state index in [1.165, 1.54) is 11.3 Å². The maximum absolute atomic E-state index is 11.8. The Kier molecular flexibility index (Phi) is 4.02. The highest BCUT2D eigenvalue weighted by Gasteiger charge is 2.18. The van der Waals surface area contributed by atoms with Crippen molar-refractivity contribution in [2.45, 2.75) is 26.8 Å². The van der Waals surface area contributed by atoms with E-state index >= 15 is 0 Å². The Morgan fingerprint density at radius 2 is 2.20 bits per heavy atom. The van der Waals surface area contributed by atoms with Gasteiger partial charge in [-0.2, -0.15) is 0 Å². The summed E-state index contributed by atoms with van der Waals surface area (Å²) in [4.78, 5) is 13.5. The van der Waals surface area contributed by atoms with Crippen molar-refractivity contribution in [3.63, 3.8) is 0 Å². The molecule has 0 bridgehead atoms. The molecule has 1 amide bonds. The number of aromatic nitrogens is 2. The van der Waals surface area contributed by atoms with Gasteiger partial charge in [-0.3, -0.25) is 4.79 Å². The van der Waals surface area contributed by atoms with Crippen LogP contribution in [0.15, 0.2) is 0 Å². The van der Waals surface area contributed by atoms with Gasteiger partial charge in [0.15, 0.2) is 0 Å². The average Bonchev–Trinajstić information content (AvgIpc) is 2.64. The molecular weight excluding hydrogens is 212 g/mol. The van der Waals surface area contributed by atoms with E-state index in [1.54, 1.807) is 11.9 Å². The summed E-state index contributed by atoms with van der Waals surface area (Å²) in [7, 11) is 1.77. The number of amides is 1. The lowest BCUT2D eigenvalue weighted by molar-refractivity contribution is 0.0753. The van der Waals surface area contributed by atoms with Crippen LogP contribution in [0.25, 0.3) is 0 Å². The third kappa shape index (κ3) is 2.89. The van der Waals surface area contributed by atoms with E-state index < -0.39 is 0 Å². The van der Waals surface area contributed by atoms with E-state index in [-0.39, 0.29) is 11.9 Å². The number of carbonyl (C=O) groups is 1. The highest BCUT2D eigenvalue weighted by Crippen LogP contribution is 2.16. The summed E-state index contributed by atoms with van der Waals surface area (Å²) in [6.07, 6.45) is 0. The maximum Gasteiger partial charge on any atom is 0.284 e. The fraction of sp³-hybridized carbons (Fsp3) is 0.667. The first kappa shape index (κ1) is 11.9. The van der Waals surface area contributed by atoms with E-state index in [4.69, 9.17) is 0 Å². The lowest BCUT2D eigenvalue weighted by Gasteiger charge is -2.19. The molecule has 0 aliphatic carbocycles. The van der Waals surface area contributed by atoms with Crippen molar-refractivity contribution in [3.8, 4) is 0 Å². The smallest absolute Gasteiger partial charge is 0.284 e. The zero-order valence-corrected chi connectivity index (χ0v) is 10.3. The van der Waals surface area contributed by atoms with Crippen LogP contribution in [-0.2, 0) is 0 Å². The summed E-state index contributed by atoms with van der Waals surface area (Å²) >= 11 is 1.29. The molecule has 0 spiro atoms. The van der Waals surface area contributed by atoms with Crippen LogP contribution in [0, 0.1) is 0 Å². The second-order valence-electron chi connectivity index (χ2n) is 3.45. The van der Waals surface area contributed by atoms with Crippen molar-refractivity contribution in [3.05, 3.63) is 5.01 Å². The number of anilines is 1. The van der Waals surface area contributed by atoms with Gasteiger partial charge in [0, 0.05) is 19.6 Å². The summed E-state index contributed by atoms with van der Waals surface area (Å²) in [5.74, 6) is -0.0772. The number of hydrogen-bond donors (Lipinski definition) is 1. The van der Waals surface area contributed by atoms with Crippen LogP contribution in [0.4, 0.5) is 5.13 Å². The number of nitrogens with zero attached hydrogens (tertiary/aromatic N) is 3. The summed E-state index contributed by atoms with van der Waals surface area (Å²) in [6, 6.07) is 0.170. The first-order chi connectivity index (χ1) is 7.06. The third-order valence-corrected chi connectivity index (χ3v) is 2.90. The van der Waals surface area contributed by atoms with Crippen LogP contribution in [0.3, 0.4) is 0 Å². The minimum atomic E-state index is -0.0772. The van der Waals surface area contributed by atoms with Crippen molar-refractivity contribution >= 4 is 22.4 Å². The zero-order chi connectivity index (χ0) is 11.4. The van der Waals surface area contributed by atoms with Gasteiger partial charge in [0.05, 0.1) is 0 Å². The first-order valence-corrected chi connectivity index (χ1v) is 5.72. The molecule has 1 aromatic rings. The summed E-state index contributed by atoms with van der Waals surface area (Å²) < 4.78 is 0. The van der Waals surface area contributed by atoms with Gasteiger partial charge in [-0.05, 0) is 20.8 Å². The Bertz CT molecular complexity index is 337. The third-order valence-electron chi connectivity index (χ3n) is 2.03. The molecule has 1 aromatic heterocycles. The summed E-state index contributed by atoms with van der Waals surface area (Å²) in [5, 5.41) is 11.9. The Labute approximate surface area is 93.5 Å². The minimum Gasteiger partial charge on any atom is -0.360 e. The molecule has 0 fully saturated rings. The molecule has 0 aliphatic heterocycles. The maximum atomic E-state index is 11.8. The summed E-state index contributed by atoms with van der Waals surface area (Å²) in [6.45, 7) is 6.68. The Morgan fingerprint density at radius 3 is 2.73 bits per heavy atom. The number of hydrogen-bond acceptors (Lipinski definition) is 5. The van der Waals surface area contributed by atoms with Gasteiger partial charge in [0.2, 0.25) is 10.1 Å². The first-order valence-electron chi connectivity index (χ1n) is 4.90. The molecule has 1 heterocycles. The van der Waals surface area contributed by atoms with Crippen LogP contribution in [0.2, 0.25) is 0 Å². The standard InChI is InChI=1S/C9H16N4OS/c1-5-10-9-12-11-7(15-9)8(14)13(4)6(2)3/h6H,5H2,1-4H3,(H,10,12). The number of rotatable bonds is 4. The normalized spacial score (nSPS) is 10.5. The van der Waals surface area contributed by atoms with E-state index in [0.29, 0.717) is 10.1 Å². The van der Waals surface area contributed by atoms with Crippen molar-refractivity contribution < 1.29 is 4.79 Å². The molecule has 84 valence electrons. The molecule has 0 unspecified atom stereocenters. The van der Waals surface area contributed by atoms with Gasteiger partial charge in [0.1, 0.15) is 0 Å². The van der Waals surface area contributed by atoms with E-state index in [9.17, 15) is 4.79 Å². The fourth-order valence-electron chi connectivity index (χ4n) is 0.918. The average molecular weight is 228 g/mol. The zero-order valence-electron chi connectivity index (χ0n) is 9.44. The monoisotopic (exact) mass is 228 g/mol. The van der Waals surface area contributed by atoms with Crippen molar-refractivity contribution in [2.75, 3.05) is 18.9 Å². The predicted octanol–water partition coefficient (Wildman–Crippen LogP) is 1.45. The van der Waals surface area contributed by atoms with Gasteiger partial charge in [-0.25, -0.2) is 0 Å². The van der Waals surface area contributed by atoms with Crippen molar-refractivity contribution in [1.82, 2.24) is 15.1 Å². The highest BCUT2D eigenvalue weighted by molar-refractivity contribution is 7.17. The molecular formula is C9H16N4OS. The molecule has 0 saturated heterocycles. The lowest BCUT2D eigenvalue weighted by Crippen LogP contribution is -2.32. The minimum absolute atomic E-state index is 0.0772. The molecule has 0 atom stereocenters. The largest absolute Gasteiger partial charge is 0.360 e. The van der Waals surface area contributed by atoms with Gasteiger partial charge in [-0.1, -0.05) is 11.3 Å². The second-order valence-corrected chi connectivity index (χ2v) is 4.43. The fourth-order valence-corrected chi connectivity index (χ4v) is 1.71. The molecule has 0 aromatic carbocycles. The van der Waals surface area contributed by atoms with Crippen LogP contribution >= 0.6 is 11.3 Å². The molecule has 6 heteroatoms. The summed E-state index contributed by atoms with van der Waals surface area (Å²) in [5.41, 5.74) is 0. The molecule has 0 aliphatic rings. The van der Waals surface area contributed by atoms with Gasteiger partial charge >= 0.3 is 0 Å². The Morgan fingerprint density at radius 1 is 1.53 bits per heavy atom. The molecule has 5 nitrogen and oxygen atoms in total. The van der Waals surface area contributed by atoms with Crippen LogP contribution < -0.4 is 5.32 Å². The topological polar surface area (TPSA) is 58.1 Å². The lowest BCUT2D eigenvalue weighted by atomic mass is 10.3. The van der Waals surface area contributed by atoms with Gasteiger partial charge in [-0.15, -0.1) is 10.2 Å². The number of nitrogens with one attached hydrogen (secondary N) is 1. The van der Waals surface area contributed by atoms with Gasteiger partial charge in [0.25, 0.3) is 5.91 Å². The number of carbonyl (C=O) groups excluding carboxylic acids is 1. The van der Waals surface area contributed by atoms with Crippen LogP contribution in [0.5, 0.6) is 0 Å². The molecule has 0 saturated carbocycles. The van der Waals surface area contributed by atoms with E-state index in [1.807, 2.05) is 20.8 Å². The highest BCUT2D eigenvalue weighted by atomic mass is 32.1. The van der Waals surface area contributed by atoms with Crippen LogP contribution in [-0.4, -0.2) is 40.6 Å². The quantitative estimate of drug-likeness (QED) is 0.847. The second kappa shape index (κ2) is 5.06. The van der Waals surface area contributed by atoms with Gasteiger partial charge < -0.3 is 10.2 Å². The van der Waals surface area contributed by atoms with E-state index in [2.05, 4.69) is 15.5 Å². The van der Waals surface area contributed by atoms with Crippen molar-refractivity contribution in [1.29, 1.82) is 0 Å². The molecule has 15 heavy (non-hydrogen) atoms. The molecule has 1 N–H and O–H groups in total. The predicted molar refractivity (Wildman–Crippen MR) is 61.3 cm³/mol. The van der Waals surface area contributed by atoms with E-state index in [0.717, 1.165) is 6.54 Å². The molecule has 1 rings (SSSR count). The SMILES string of the molecule is CCNc1nnc(C(=O)N(C)C(C)C)s1. The Hall–Kier alpha value is -1.17.